The number of hydrogen-bond acceptors (Lipinski definition) is 3. The fourth-order valence-corrected chi connectivity index (χ4v) is 4.16. The minimum atomic E-state index is -0.391. The molecule has 162 valence electrons. The lowest BCUT2D eigenvalue weighted by atomic mass is 9.91. The highest BCUT2D eigenvalue weighted by Crippen LogP contribution is 2.33. The molecular weight excluding hydrogens is 397 g/mol. The van der Waals surface area contributed by atoms with Crippen LogP contribution in [0.15, 0.2) is 42.5 Å². The first-order chi connectivity index (χ1) is 14.8. The molecule has 2 aliphatic heterocycles. The molecular formula is C24H26FN3O3. The van der Waals surface area contributed by atoms with Crippen LogP contribution in [0.5, 0.6) is 0 Å². The van der Waals surface area contributed by atoms with Crippen molar-refractivity contribution in [2.45, 2.75) is 32.6 Å². The number of aryl methyl sites for hydroxylation is 1. The molecule has 1 saturated heterocycles. The van der Waals surface area contributed by atoms with Crippen LogP contribution in [0.1, 0.15) is 37.3 Å². The second-order valence-corrected chi connectivity index (χ2v) is 8.32. The minimum Gasteiger partial charge on any atom is -0.341 e. The van der Waals surface area contributed by atoms with Gasteiger partial charge in [-0.2, -0.15) is 0 Å². The summed E-state index contributed by atoms with van der Waals surface area (Å²) >= 11 is 0. The zero-order chi connectivity index (χ0) is 22.1. The van der Waals surface area contributed by atoms with Crippen molar-refractivity contribution in [3.8, 4) is 0 Å². The molecule has 3 amide bonds. The van der Waals surface area contributed by atoms with E-state index in [9.17, 15) is 18.8 Å². The van der Waals surface area contributed by atoms with Crippen molar-refractivity contribution >= 4 is 29.1 Å². The summed E-state index contributed by atoms with van der Waals surface area (Å²) in [6.07, 6.45) is 1.71. The van der Waals surface area contributed by atoms with Gasteiger partial charge >= 0.3 is 0 Å². The van der Waals surface area contributed by atoms with E-state index in [2.05, 4.69) is 5.32 Å². The smallest absolute Gasteiger partial charge is 0.233 e. The topological polar surface area (TPSA) is 69.7 Å². The molecule has 31 heavy (non-hydrogen) atoms. The Labute approximate surface area is 181 Å². The monoisotopic (exact) mass is 423 g/mol. The van der Waals surface area contributed by atoms with Gasteiger partial charge in [-0.15, -0.1) is 0 Å². The van der Waals surface area contributed by atoms with Crippen molar-refractivity contribution in [1.29, 1.82) is 0 Å². The van der Waals surface area contributed by atoms with Crippen molar-refractivity contribution in [3.05, 3.63) is 59.4 Å². The van der Waals surface area contributed by atoms with Crippen LogP contribution in [0.4, 0.5) is 15.8 Å². The van der Waals surface area contributed by atoms with E-state index in [1.54, 1.807) is 4.90 Å². The van der Waals surface area contributed by atoms with Gasteiger partial charge in [-0.05, 0) is 61.2 Å². The number of amides is 3. The molecule has 0 unspecified atom stereocenters. The third kappa shape index (κ3) is 4.31. The third-order valence-electron chi connectivity index (χ3n) is 6.17. The number of halogens is 1. The summed E-state index contributed by atoms with van der Waals surface area (Å²) in [6, 6.07) is 11.5. The first-order valence-corrected chi connectivity index (χ1v) is 10.6. The molecule has 1 N–H and O–H groups in total. The van der Waals surface area contributed by atoms with Gasteiger partial charge < -0.3 is 15.1 Å². The number of benzene rings is 2. The molecule has 7 heteroatoms. The van der Waals surface area contributed by atoms with Crippen LogP contribution in [0, 0.1) is 11.7 Å². The molecule has 0 aliphatic carbocycles. The number of nitrogens with one attached hydrogen (secondary N) is 1. The van der Waals surface area contributed by atoms with Crippen LogP contribution in [0.25, 0.3) is 0 Å². The van der Waals surface area contributed by atoms with Gasteiger partial charge in [0.25, 0.3) is 0 Å². The van der Waals surface area contributed by atoms with E-state index in [-0.39, 0.29) is 29.5 Å². The van der Waals surface area contributed by atoms with Crippen molar-refractivity contribution in [2.24, 2.45) is 5.92 Å². The summed E-state index contributed by atoms with van der Waals surface area (Å²) in [4.78, 5) is 40.5. The number of carbonyl (C=O) groups excluding carboxylic acids is 3. The highest BCUT2D eigenvalue weighted by atomic mass is 19.1. The van der Waals surface area contributed by atoms with E-state index < -0.39 is 5.92 Å². The summed E-state index contributed by atoms with van der Waals surface area (Å²) in [5, 5.41) is 2.82. The third-order valence-corrected chi connectivity index (χ3v) is 6.17. The maximum absolute atomic E-state index is 13.1. The number of anilines is 2. The number of hydrogen-bond donors (Lipinski definition) is 1. The summed E-state index contributed by atoms with van der Waals surface area (Å²) < 4.78 is 13.1. The van der Waals surface area contributed by atoms with Crippen molar-refractivity contribution < 1.29 is 18.8 Å². The van der Waals surface area contributed by atoms with Crippen LogP contribution < -0.4 is 10.2 Å². The maximum Gasteiger partial charge on any atom is 0.233 e. The fourth-order valence-electron chi connectivity index (χ4n) is 4.16. The average Bonchev–Trinajstić information content (AvgIpc) is 2.72. The van der Waals surface area contributed by atoms with Gasteiger partial charge in [-0.25, -0.2) is 4.39 Å². The van der Waals surface area contributed by atoms with Gasteiger partial charge in [-0.3, -0.25) is 14.4 Å². The lowest BCUT2D eigenvalue weighted by Gasteiger charge is -2.41. The summed E-state index contributed by atoms with van der Waals surface area (Å²) in [6.45, 7) is 4.99. The van der Waals surface area contributed by atoms with E-state index in [0.717, 1.165) is 29.7 Å². The SMILES string of the molecule is CC(=O)N1CC(C(=O)N2CCCc3cc([C@H](C)C(=O)Nc4ccc(F)cc4)ccc32)C1. The Morgan fingerprint density at radius 2 is 1.81 bits per heavy atom. The molecule has 6 nitrogen and oxygen atoms in total. The summed E-state index contributed by atoms with van der Waals surface area (Å²) in [5.41, 5.74) is 3.38. The molecule has 0 spiro atoms. The average molecular weight is 423 g/mol. The summed E-state index contributed by atoms with van der Waals surface area (Å²) in [5.74, 6) is -0.995. The van der Waals surface area contributed by atoms with Gasteiger partial charge in [-0.1, -0.05) is 12.1 Å². The minimum absolute atomic E-state index is 0.000590. The van der Waals surface area contributed by atoms with E-state index >= 15 is 0 Å². The molecule has 1 atom stereocenters. The molecule has 0 bridgehead atoms. The van der Waals surface area contributed by atoms with Crippen LogP contribution in [0.3, 0.4) is 0 Å². The number of likely N-dealkylation sites (tertiary alicyclic amines) is 1. The Bertz CT molecular complexity index is 1020. The number of nitrogens with zero attached hydrogens (tertiary/aromatic N) is 2. The van der Waals surface area contributed by atoms with Gasteiger partial charge in [0.1, 0.15) is 5.82 Å². The van der Waals surface area contributed by atoms with Gasteiger partial charge in [0.2, 0.25) is 17.7 Å². The summed E-state index contributed by atoms with van der Waals surface area (Å²) in [7, 11) is 0. The highest BCUT2D eigenvalue weighted by molar-refractivity contribution is 5.98. The zero-order valence-electron chi connectivity index (χ0n) is 17.7. The normalized spacial score (nSPS) is 16.9. The fraction of sp³-hybridized carbons (Fsp3) is 0.375. The van der Waals surface area contributed by atoms with Crippen LogP contribution >= 0.6 is 0 Å². The van der Waals surface area contributed by atoms with E-state index in [0.29, 0.717) is 25.3 Å². The number of carbonyl (C=O) groups is 3. The molecule has 2 aliphatic rings. The molecule has 2 heterocycles. The first kappa shape index (κ1) is 21.0. The van der Waals surface area contributed by atoms with Crippen LogP contribution in [-0.2, 0) is 20.8 Å². The Hall–Kier alpha value is -3.22. The second kappa shape index (κ2) is 8.49. The van der Waals surface area contributed by atoms with E-state index in [4.69, 9.17) is 0 Å². The Balaban J connectivity index is 1.46. The van der Waals surface area contributed by atoms with Crippen LogP contribution in [-0.4, -0.2) is 42.3 Å². The Kier molecular flexibility index (Phi) is 5.76. The molecule has 1 fully saturated rings. The maximum atomic E-state index is 13.1. The molecule has 2 aromatic carbocycles. The lowest BCUT2D eigenvalue weighted by Crippen LogP contribution is -2.56. The largest absolute Gasteiger partial charge is 0.341 e. The van der Waals surface area contributed by atoms with Gasteiger partial charge in [0, 0.05) is 37.9 Å². The van der Waals surface area contributed by atoms with Crippen molar-refractivity contribution in [1.82, 2.24) is 4.90 Å². The van der Waals surface area contributed by atoms with Gasteiger partial charge in [0.15, 0.2) is 0 Å². The van der Waals surface area contributed by atoms with Crippen molar-refractivity contribution in [3.63, 3.8) is 0 Å². The highest BCUT2D eigenvalue weighted by Gasteiger charge is 2.38. The molecule has 4 rings (SSSR count). The zero-order valence-corrected chi connectivity index (χ0v) is 17.7. The van der Waals surface area contributed by atoms with E-state index in [1.165, 1.54) is 31.2 Å². The Morgan fingerprint density at radius 1 is 1.10 bits per heavy atom. The molecule has 2 aromatic rings. The molecule has 0 radical (unpaired) electrons. The standard InChI is InChI=1S/C24H26FN3O3/c1-15(23(30)26-21-8-6-20(25)7-9-21)17-5-10-22-18(12-17)4-3-11-28(22)24(31)19-13-27(14-19)16(2)29/h5-10,12,15,19H,3-4,11,13-14H2,1-2H3,(H,26,30)/t15-/m0/s1. The molecule has 0 saturated carbocycles. The predicted molar refractivity (Wildman–Crippen MR) is 116 cm³/mol. The van der Waals surface area contributed by atoms with Crippen LogP contribution in [0.2, 0.25) is 0 Å². The first-order valence-electron chi connectivity index (χ1n) is 10.6. The van der Waals surface area contributed by atoms with Crippen molar-refractivity contribution in [2.75, 3.05) is 29.9 Å². The second-order valence-electron chi connectivity index (χ2n) is 8.32. The van der Waals surface area contributed by atoms with E-state index in [1.807, 2.05) is 30.0 Å². The number of rotatable bonds is 4. The Morgan fingerprint density at radius 3 is 2.48 bits per heavy atom. The quantitative estimate of drug-likeness (QED) is 0.820. The molecule has 0 aromatic heterocycles. The predicted octanol–water partition coefficient (Wildman–Crippen LogP) is 3.33. The lowest BCUT2D eigenvalue weighted by molar-refractivity contribution is -0.140. The number of fused-ring (bicyclic) bond motifs is 1. The van der Waals surface area contributed by atoms with Gasteiger partial charge in [0.05, 0.1) is 11.8 Å².